The average Bonchev–Trinajstić information content (AvgIpc) is 3.30. The summed E-state index contributed by atoms with van der Waals surface area (Å²) in [5.74, 6) is 0.0693. The molecule has 1 fully saturated rings. The Kier molecular flexibility index (Phi) is 7.34. The molecule has 0 saturated carbocycles. The Balaban J connectivity index is 1.22. The van der Waals surface area contributed by atoms with Crippen molar-refractivity contribution in [1.29, 1.82) is 0 Å². The topological polar surface area (TPSA) is 49.6 Å². The minimum atomic E-state index is -4.51. The lowest BCUT2D eigenvalue weighted by Gasteiger charge is -2.34. The van der Waals surface area contributed by atoms with E-state index in [2.05, 4.69) is 27.3 Å². The minimum absolute atomic E-state index is 0.133. The number of amides is 1. The first-order valence-corrected chi connectivity index (χ1v) is 13.1. The number of alkyl halides is 3. The number of imidazole rings is 1. The van der Waals surface area contributed by atoms with Gasteiger partial charge >= 0.3 is 6.18 Å². The van der Waals surface area contributed by atoms with Crippen LogP contribution in [0, 0.1) is 0 Å². The van der Waals surface area contributed by atoms with Crippen LogP contribution >= 0.6 is 11.6 Å². The first-order valence-electron chi connectivity index (χ1n) is 12.7. The molecule has 3 heterocycles. The van der Waals surface area contributed by atoms with Gasteiger partial charge in [-0.05, 0) is 72.7 Å². The summed E-state index contributed by atoms with van der Waals surface area (Å²) >= 11 is 6.02. The number of aryl methyl sites for hydroxylation is 1. The van der Waals surface area contributed by atoms with Crippen LogP contribution in [0.4, 0.5) is 18.9 Å². The summed E-state index contributed by atoms with van der Waals surface area (Å²) in [6.45, 7) is 3.99. The van der Waals surface area contributed by atoms with Gasteiger partial charge in [-0.25, -0.2) is 4.98 Å². The Labute approximate surface area is 224 Å². The van der Waals surface area contributed by atoms with Crippen molar-refractivity contribution in [3.8, 4) is 0 Å². The molecule has 5 rings (SSSR count). The van der Waals surface area contributed by atoms with Gasteiger partial charge in [0.1, 0.15) is 11.3 Å². The number of fused-ring (bicyclic) bond motifs is 1. The molecule has 0 bridgehead atoms. The van der Waals surface area contributed by atoms with Gasteiger partial charge in [-0.3, -0.25) is 9.20 Å². The molecule has 2 aromatic carbocycles. The van der Waals surface area contributed by atoms with Crippen LogP contribution < -0.4 is 10.2 Å². The third-order valence-corrected chi connectivity index (χ3v) is 7.41. The summed E-state index contributed by atoms with van der Waals surface area (Å²) < 4.78 is 41.0. The fourth-order valence-electron chi connectivity index (χ4n) is 5.04. The molecular formula is C29H28ClF3N4O. The SMILES string of the molecule is CCc1nc2ccc(C(F)(F)F)cn2c1C(=O)NCc1ccc(N2CCC(c3ccc(Cl)cc3)CC2)cc1. The Morgan fingerprint density at radius 2 is 1.71 bits per heavy atom. The first kappa shape index (κ1) is 26.1. The number of anilines is 1. The highest BCUT2D eigenvalue weighted by atomic mass is 35.5. The van der Waals surface area contributed by atoms with Crippen molar-refractivity contribution in [3.63, 3.8) is 0 Å². The molecule has 9 heteroatoms. The third-order valence-electron chi connectivity index (χ3n) is 7.16. The molecule has 1 amide bonds. The number of piperidine rings is 1. The van der Waals surface area contributed by atoms with Gasteiger partial charge in [0, 0.05) is 36.5 Å². The molecule has 0 aliphatic carbocycles. The molecule has 0 atom stereocenters. The monoisotopic (exact) mass is 540 g/mol. The Hall–Kier alpha value is -3.52. The molecule has 1 saturated heterocycles. The molecule has 0 unspecified atom stereocenters. The summed E-state index contributed by atoms with van der Waals surface area (Å²) in [7, 11) is 0. The molecule has 0 spiro atoms. The van der Waals surface area contributed by atoms with Crippen molar-refractivity contribution >= 4 is 28.8 Å². The fourth-order valence-corrected chi connectivity index (χ4v) is 5.17. The zero-order valence-corrected chi connectivity index (χ0v) is 21.7. The smallest absolute Gasteiger partial charge is 0.371 e. The van der Waals surface area contributed by atoms with Gasteiger partial charge in [-0.2, -0.15) is 13.2 Å². The highest BCUT2D eigenvalue weighted by molar-refractivity contribution is 6.30. The standard InChI is InChI=1S/C29H28ClF3N4O/c1-2-25-27(37-18-22(29(31,32)33)7-12-26(37)35-25)28(38)34-17-19-3-10-24(11-4-19)36-15-13-21(14-16-36)20-5-8-23(30)9-6-20/h3-12,18,21H,2,13-17H2,1H3,(H,34,38). The van der Waals surface area contributed by atoms with Crippen LogP contribution in [0.2, 0.25) is 5.02 Å². The second-order valence-corrected chi connectivity index (χ2v) is 10.0. The van der Waals surface area contributed by atoms with E-state index in [1.807, 2.05) is 43.3 Å². The molecule has 2 aromatic heterocycles. The number of hydrogen-bond acceptors (Lipinski definition) is 3. The molecule has 38 heavy (non-hydrogen) atoms. The first-order chi connectivity index (χ1) is 18.2. The van der Waals surface area contributed by atoms with Gasteiger partial charge in [-0.1, -0.05) is 42.8 Å². The van der Waals surface area contributed by atoms with E-state index in [0.717, 1.165) is 54.5 Å². The summed E-state index contributed by atoms with van der Waals surface area (Å²) in [6, 6.07) is 18.4. The van der Waals surface area contributed by atoms with Crippen LogP contribution in [0.15, 0.2) is 66.9 Å². The molecule has 1 aliphatic heterocycles. The predicted molar refractivity (Wildman–Crippen MR) is 143 cm³/mol. The Morgan fingerprint density at radius 3 is 2.34 bits per heavy atom. The van der Waals surface area contributed by atoms with E-state index in [1.54, 1.807) is 0 Å². The summed E-state index contributed by atoms with van der Waals surface area (Å²) in [6.07, 6.45) is -1.02. The zero-order valence-electron chi connectivity index (χ0n) is 20.9. The lowest BCUT2D eigenvalue weighted by molar-refractivity contribution is -0.137. The molecule has 1 N–H and O–H groups in total. The average molecular weight is 541 g/mol. The highest BCUT2D eigenvalue weighted by Crippen LogP contribution is 2.32. The molecular weight excluding hydrogens is 513 g/mol. The van der Waals surface area contributed by atoms with Gasteiger partial charge in [0.25, 0.3) is 5.91 Å². The van der Waals surface area contributed by atoms with Crippen LogP contribution in [-0.2, 0) is 19.1 Å². The molecule has 0 radical (unpaired) electrons. The number of hydrogen-bond donors (Lipinski definition) is 1. The molecule has 198 valence electrons. The van der Waals surface area contributed by atoms with Crippen LogP contribution in [0.25, 0.3) is 5.65 Å². The van der Waals surface area contributed by atoms with E-state index >= 15 is 0 Å². The minimum Gasteiger partial charge on any atom is -0.371 e. The third kappa shape index (κ3) is 5.50. The van der Waals surface area contributed by atoms with Crippen molar-refractivity contribution in [2.75, 3.05) is 18.0 Å². The normalized spacial score (nSPS) is 14.7. The quantitative estimate of drug-likeness (QED) is 0.290. The molecule has 5 nitrogen and oxygen atoms in total. The lowest BCUT2D eigenvalue weighted by Crippen LogP contribution is -2.32. The maximum absolute atomic E-state index is 13.2. The number of pyridine rings is 1. The van der Waals surface area contributed by atoms with Crippen LogP contribution in [0.5, 0.6) is 0 Å². The highest BCUT2D eigenvalue weighted by Gasteiger charge is 2.32. The van der Waals surface area contributed by atoms with Gasteiger partial charge in [0.05, 0.1) is 11.3 Å². The maximum atomic E-state index is 13.2. The van der Waals surface area contributed by atoms with Crippen molar-refractivity contribution in [3.05, 3.63) is 100.0 Å². The number of nitrogens with zero attached hydrogens (tertiary/aromatic N) is 3. The number of halogens is 4. The number of rotatable bonds is 6. The second kappa shape index (κ2) is 10.7. The number of carbonyl (C=O) groups excluding carboxylic acids is 1. The summed E-state index contributed by atoms with van der Waals surface area (Å²) in [5.41, 5.74) is 3.43. The number of aromatic nitrogens is 2. The van der Waals surface area contributed by atoms with Crippen molar-refractivity contribution < 1.29 is 18.0 Å². The van der Waals surface area contributed by atoms with Crippen LogP contribution in [-0.4, -0.2) is 28.4 Å². The zero-order chi connectivity index (χ0) is 26.9. The van der Waals surface area contributed by atoms with Crippen LogP contribution in [0.3, 0.4) is 0 Å². The van der Waals surface area contributed by atoms with Gasteiger partial charge in [0.2, 0.25) is 0 Å². The van der Waals surface area contributed by atoms with Crippen molar-refractivity contribution in [2.45, 2.75) is 44.8 Å². The van der Waals surface area contributed by atoms with Gasteiger partial charge in [-0.15, -0.1) is 0 Å². The summed E-state index contributed by atoms with van der Waals surface area (Å²) in [4.78, 5) is 19.8. The van der Waals surface area contributed by atoms with E-state index in [0.29, 0.717) is 23.7 Å². The predicted octanol–water partition coefficient (Wildman–Crippen LogP) is 6.88. The lowest BCUT2D eigenvalue weighted by atomic mass is 9.89. The Morgan fingerprint density at radius 1 is 1.03 bits per heavy atom. The number of nitrogens with one attached hydrogen (secondary N) is 1. The van der Waals surface area contributed by atoms with Gasteiger partial charge < -0.3 is 10.2 Å². The largest absolute Gasteiger partial charge is 0.417 e. The van der Waals surface area contributed by atoms with E-state index in [4.69, 9.17) is 11.6 Å². The Bertz CT molecular complexity index is 1420. The van der Waals surface area contributed by atoms with Crippen molar-refractivity contribution in [2.24, 2.45) is 0 Å². The fraction of sp³-hybridized carbons (Fsp3) is 0.310. The van der Waals surface area contributed by atoms with E-state index in [1.165, 1.54) is 16.0 Å². The molecule has 1 aliphatic rings. The van der Waals surface area contributed by atoms with Gasteiger partial charge in [0.15, 0.2) is 0 Å². The maximum Gasteiger partial charge on any atom is 0.417 e. The van der Waals surface area contributed by atoms with E-state index < -0.39 is 17.6 Å². The van der Waals surface area contributed by atoms with E-state index in [-0.39, 0.29) is 12.2 Å². The molecule has 4 aromatic rings. The van der Waals surface area contributed by atoms with E-state index in [9.17, 15) is 18.0 Å². The summed E-state index contributed by atoms with van der Waals surface area (Å²) in [5, 5.41) is 3.60. The van der Waals surface area contributed by atoms with Crippen molar-refractivity contribution in [1.82, 2.24) is 14.7 Å². The number of benzene rings is 2. The van der Waals surface area contributed by atoms with Crippen LogP contribution in [0.1, 0.15) is 58.6 Å². The number of carbonyl (C=O) groups is 1. The second-order valence-electron chi connectivity index (χ2n) is 9.57.